The monoisotopic (exact) mass is 379 g/mol. The molecule has 2 saturated heterocycles. The summed E-state index contributed by atoms with van der Waals surface area (Å²) in [6.45, 7) is 2.32. The summed E-state index contributed by atoms with van der Waals surface area (Å²) in [6, 6.07) is 13.6. The number of nitrogens with zero attached hydrogens (tertiary/aromatic N) is 1. The number of hydrogen-bond acceptors (Lipinski definition) is 4. The van der Waals surface area contributed by atoms with Gasteiger partial charge in [-0.3, -0.25) is 0 Å². The summed E-state index contributed by atoms with van der Waals surface area (Å²) < 4.78 is 56.8. The van der Waals surface area contributed by atoms with Crippen molar-refractivity contribution in [3.63, 3.8) is 0 Å². The number of hydrogen-bond donors (Lipinski definition) is 0. The Morgan fingerprint density at radius 2 is 1.74 bits per heavy atom. The second kappa shape index (κ2) is 7.22. The number of aromatic nitrogens is 1. The van der Waals surface area contributed by atoms with Crippen LogP contribution in [0, 0.1) is 5.92 Å². The van der Waals surface area contributed by atoms with Gasteiger partial charge in [-0.1, -0.05) is 36.4 Å². The molecular formula is C20H20F3NO3. The molecule has 4 nitrogen and oxygen atoms in total. The Balaban J connectivity index is 1.52. The number of rotatable bonds is 3. The van der Waals surface area contributed by atoms with Crippen LogP contribution in [0.3, 0.4) is 0 Å². The summed E-state index contributed by atoms with van der Waals surface area (Å²) in [7, 11) is 0. The molecule has 2 unspecified atom stereocenters. The highest BCUT2D eigenvalue weighted by Gasteiger charge is 2.47. The standard InChI is InChI=1S/C20H20F3NO3/c1-12-17-18(27-19(26-17)13-6-3-2-4-7-13)14(11-25-12)10-15-8-5-9-16(24-15)20(21,22)23/h2-9,12,14,17-19H,10-11H2,1H3/t12-,14?,17+,18-,19?/m1/s1. The molecule has 2 aliphatic rings. The Kier molecular flexibility index (Phi) is 4.92. The molecule has 2 aliphatic heterocycles. The smallest absolute Gasteiger partial charge is 0.375 e. The number of benzene rings is 1. The predicted octanol–water partition coefficient (Wildman–Crippen LogP) is 4.16. The number of pyridine rings is 1. The van der Waals surface area contributed by atoms with E-state index in [0.29, 0.717) is 18.7 Å². The topological polar surface area (TPSA) is 40.6 Å². The van der Waals surface area contributed by atoms with Crippen molar-refractivity contribution in [3.8, 4) is 0 Å². The lowest BCUT2D eigenvalue weighted by Crippen LogP contribution is -2.47. The minimum absolute atomic E-state index is 0.129. The number of fused-ring (bicyclic) bond motifs is 1. The molecule has 7 heteroatoms. The predicted molar refractivity (Wildman–Crippen MR) is 90.8 cm³/mol. The van der Waals surface area contributed by atoms with E-state index < -0.39 is 18.2 Å². The van der Waals surface area contributed by atoms with Crippen LogP contribution < -0.4 is 0 Å². The molecule has 4 rings (SSSR count). The van der Waals surface area contributed by atoms with Gasteiger partial charge in [0.15, 0.2) is 6.29 Å². The quantitative estimate of drug-likeness (QED) is 0.803. The van der Waals surface area contributed by atoms with E-state index >= 15 is 0 Å². The van der Waals surface area contributed by atoms with Crippen LogP contribution in [-0.4, -0.2) is 29.9 Å². The third-order valence-corrected chi connectivity index (χ3v) is 5.03. The highest BCUT2D eigenvalue weighted by molar-refractivity contribution is 5.18. The van der Waals surface area contributed by atoms with Crippen LogP contribution in [0.4, 0.5) is 13.2 Å². The number of halogens is 3. The molecular weight excluding hydrogens is 359 g/mol. The first-order valence-corrected chi connectivity index (χ1v) is 8.92. The summed E-state index contributed by atoms with van der Waals surface area (Å²) in [5, 5.41) is 0. The van der Waals surface area contributed by atoms with Gasteiger partial charge in [0.1, 0.15) is 11.8 Å². The second-order valence-electron chi connectivity index (χ2n) is 6.96. The Morgan fingerprint density at radius 1 is 1.00 bits per heavy atom. The van der Waals surface area contributed by atoms with Crippen molar-refractivity contribution in [2.24, 2.45) is 5.92 Å². The zero-order valence-corrected chi connectivity index (χ0v) is 14.7. The van der Waals surface area contributed by atoms with Crippen LogP contribution in [0.25, 0.3) is 0 Å². The van der Waals surface area contributed by atoms with E-state index in [-0.39, 0.29) is 24.2 Å². The molecule has 2 fully saturated rings. The van der Waals surface area contributed by atoms with Crippen LogP contribution in [-0.2, 0) is 26.8 Å². The molecule has 27 heavy (non-hydrogen) atoms. The molecule has 2 aromatic rings. The Hall–Kier alpha value is -1.96. The first-order valence-electron chi connectivity index (χ1n) is 8.92. The van der Waals surface area contributed by atoms with E-state index in [9.17, 15) is 13.2 Å². The van der Waals surface area contributed by atoms with E-state index in [2.05, 4.69) is 4.98 Å². The summed E-state index contributed by atoms with van der Waals surface area (Å²) in [5.41, 5.74) is 0.404. The molecule has 0 saturated carbocycles. The zero-order valence-electron chi connectivity index (χ0n) is 14.7. The molecule has 0 amide bonds. The minimum atomic E-state index is -4.46. The van der Waals surface area contributed by atoms with E-state index in [1.54, 1.807) is 6.07 Å². The maximum absolute atomic E-state index is 12.9. The van der Waals surface area contributed by atoms with E-state index in [0.717, 1.165) is 11.6 Å². The van der Waals surface area contributed by atoms with Gasteiger partial charge in [-0.05, 0) is 25.5 Å². The van der Waals surface area contributed by atoms with Crippen LogP contribution in [0.15, 0.2) is 48.5 Å². The molecule has 1 aromatic carbocycles. The van der Waals surface area contributed by atoms with Crippen molar-refractivity contribution in [2.45, 2.75) is 44.1 Å². The van der Waals surface area contributed by atoms with Crippen molar-refractivity contribution in [1.82, 2.24) is 4.98 Å². The molecule has 144 valence electrons. The normalized spacial score (nSPS) is 30.9. The molecule has 0 N–H and O–H groups in total. The van der Waals surface area contributed by atoms with E-state index in [1.165, 1.54) is 6.07 Å². The van der Waals surface area contributed by atoms with Gasteiger partial charge in [0.05, 0.1) is 18.8 Å². The molecule has 0 bridgehead atoms. The van der Waals surface area contributed by atoms with Gasteiger partial charge >= 0.3 is 6.18 Å². The Labute approximate surface area is 155 Å². The fraction of sp³-hybridized carbons (Fsp3) is 0.450. The maximum atomic E-state index is 12.9. The first-order chi connectivity index (χ1) is 12.9. The van der Waals surface area contributed by atoms with E-state index in [1.807, 2.05) is 37.3 Å². The first kappa shape index (κ1) is 18.4. The van der Waals surface area contributed by atoms with Crippen LogP contribution in [0.1, 0.15) is 30.2 Å². The van der Waals surface area contributed by atoms with Gasteiger partial charge in [0.25, 0.3) is 0 Å². The average Bonchev–Trinajstić information content (AvgIpc) is 3.11. The summed E-state index contributed by atoms with van der Waals surface area (Å²) in [4.78, 5) is 3.77. The molecule has 3 heterocycles. The van der Waals surface area contributed by atoms with Gasteiger partial charge in [-0.15, -0.1) is 0 Å². The van der Waals surface area contributed by atoms with Gasteiger partial charge < -0.3 is 14.2 Å². The van der Waals surface area contributed by atoms with Crippen molar-refractivity contribution in [1.29, 1.82) is 0 Å². The van der Waals surface area contributed by atoms with Gasteiger partial charge in [-0.25, -0.2) is 4.98 Å². The fourth-order valence-electron chi connectivity index (χ4n) is 3.66. The van der Waals surface area contributed by atoms with Crippen molar-refractivity contribution in [2.75, 3.05) is 6.61 Å². The highest BCUT2D eigenvalue weighted by atomic mass is 19.4. The van der Waals surface area contributed by atoms with Crippen molar-refractivity contribution in [3.05, 3.63) is 65.5 Å². The average molecular weight is 379 g/mol. The van der Waals surface area contributed by atoms with Crippen molar-refractivity contribution < 1.29 is 27.4 Å². The molecule has 1 aromatic heterocycles. The lowest BCUT2D eigenvalue weighted by atomic mass is 9.89. The molecule has 0 aliphatic carbocycles. The Bertz CT molecular complexity index is 784. The van der Waals surface area contributed by atoms with Gasteiger partial charge in [0.2, 0.25) is 0 Å². The third kappa shape index (κ3) is 3.85. The fourth-order valence-corrected chi connectivity index (χ4v) is 3.66. The van der Waals surface area contributed by atoms with Gasteiger partial charge in [-0.2, -0.15) is 13.2 Å². The maximum Gasteiger partial charge on any atom is 0.433 e. The number of alkyl halides is 3. The SMILES string of the molecule is C[C@H]1OCC(Cc2cccc(C(F)(F)F)n2)[C@H]2OC(c3ccccc3)O[C@H]21. The summed E-state index contributed by atoms with van der Waals surface area (Å²) in [6.07, 6.45) is -5.28. The highest BCUT2D eigenvalue weighted by Crippen LogP contribution is 2.40. The number of ether oxygens (including phenoxy) is 3. The molecule has 0 spiro atoms. The largest absolute Gasteiger partial charge is 0.433 e. The summed E-state index contributed by atoms with van der Waals surface area (Å²) in [5.74, 6) is -0.129. The van der Waals surface area contributed by atoms with Crippen LogP contribution >= 0.6 is 0 Å². The zero-order chi connectivity index (χ0) is 19.0. The van der Waals surface area contributed by atoms with Crippen LogP contribution in [0.5, 0.6) is 0 Å². The third-order valence-electron chi connectivity index (χ3n) is 5.03. The molecule has 5 atom stereocenters. The lowest BCUT2D eigenvalue weighted by molar-refractivity contribution is -0.141. The van der Waals surface area contributed by atoms with Crippen molar-refractivity contribution >= 4 is 0 Å². The lowest BCUT2D eigenvalue weighted by Gasteiger charge is -2.35. The second-order valence-corrected chi connectivity index (χ2v) is 6.96. The summed E-state index contributed by atoms with van der Waals surface area (Å²) >= 11 is 0. The van der Waals surface area contributed by atoms with Crippen LogP contribution in [0.2, 0.25) is 0 Å². The van der Waals surface area contributed by atoms with E-state index in [4.69, 9.17) is 14.2 Å². The minimum Gasteiger partial charge on any atom is -0.375 e. The van der Waals surface area contributed by atoms with Gasteiger partial charge in [0, 0.05) is 17.2 Å². The Morgan fingerprint density at radius 3 is 2.48 bits per heavy atom. The molecule has 0 radical (unpaired) electrons.